The number of rotatable bonds is 2. The molecule has 0 aromatic rings. The number of esters is 1. The van der Waals surface area contributed by atoms with E-state index >= 15 is 0 Å². The van der Waals surface area contributed by atoms with Gasteiger partial charge >= 0.3 is 5.97 Å². The highest BCUT2D eigenvalue weighted by Crippen LogP contribution is 2.32. The molecule has 0 aromatic heterocycles. The van der Waals surface area contributed by atoms with Crippen molar-refractivity contribution in [3.8, 4) is 0 Å². The normalized spacial score (nSPS) is 26.0. The maximum Gasteiger partial charge on any atom is 0.335 e. The van der Waals surface area contributed by atoms with Gasteiger partial charge in [0.25, 0.3) is 0 Å². The summed E-state index contributed by atoms with van der Waals surface area (Å²) >= 11 is 6.36. The van der Waals surface area contributed by atoms with E-state index in [2.05, 4.69) is 4.90 Å². The minimum absolute atomic E-state index is 0.0732. The van der Waals surface area contributed by atoms with E-state index in [9.17, 15) is 4.79 Å². The van der Waals surface area contributed by atoms with Gasteiger partial charge in [0.1, 0.15) is 0 Å². The molecule has 0 N–H and O–H groups in total. The van der Waals surface area contributed by atoms with Gasteiger partial charge in [-0.25, -0.2) is 4.79 Å². The van der Waals surface area contributed by atoms with Gasteiger partial charge in [-0.15, -0.1) is 11.6 Å². The maximum absolute atomic E-state index is 11.8. The summed E-state index contributed by atoms with van der Waals surface area (Å²) in [5.41, 5.74) is 1.72. The average Bonchev–Trinajstić information content (AvgIpc) is 2.38. The SMILES string of the molecule is COC(=O)C1=C(N2CCOCC2)C(Cl)CCC1. The monoisotopic (exact) mass is 259 g/mol. The highest BCUT2D eigenvalue weighted by atomic mass is 35.5. The predicted octanol–water partition coefficient (Wildman–Crippen LogP) is 1.54. The van der Waals surface area contributed by atoms with Crippen molar-refractivity contribution >= 4 is 17.6 Å². The molecule has 96 valence electrons. The summed E-state index contributed by atoms with van der Waals surface area (Å²) in [6, 6.07) is 0. The van der Waals surface area contributed by atoms with Gasteiger partial charge in [0, 0.05) is 18.8 Å². The van der Waals surface area contributed by atoms with Gasteiger partial charge in [0.2, 0.25) is 0 Å². The first-order valence-electron chi connectivity index (χ1n) is 6.02. The number of ether oxygens (including phenoxy) is 2. The van der Waals surface area contributed by atoms with Crippen LogP contribution in [-0.2, 0) is 14.3 Å². The van der Waals surface area contributed by atoms with Crippen LogP contribution in [0.3, 0.4) is 0 Å². The number of hydrogen-bond acceptors (Lipinski definition) is 4. The van der Waals surface area contributed by atoms with E-state index in [1.807, 2.05) is 0 Å². The molecule has 1 saturated heterocycles. The van der Waals surface area contributed by atoms with Gasteiger partial charge in [-0.2, -0.15) is 0 Å². The van der Waals surface area contributed by atoms with Crippen LogP contribution in [0.5, 0.6) is 0 Å². The third-order valence-electron chi connectivity index (χ3n) is 3.27. The number of methoxy groups -OCH3 is 1. The lowest BCUT2D eigenvalue weighted by Gasteiger charge is -2.36. The molecule has 0 saturated carbocycles. The molecular weight excluding hydrogens is 242 g/mol. The molecule has 1 unspecified atom stereocenters. The molecule has 1 atom stereocenters. The third kappa shape index (κ3) is 2.75. The highest BCUT2D eigenvalue weighted by molar-refractivity contribution is 6.22. The van der Waals surface area contributed by atoms with E-state index in [4.69, 9.17) is 21.1 Å². The molecule has 1 aliphatic carbocycles. The van der Waals surface area contributed by atoms with Crippen LogP contribution in [-0.4, -0.2) is 49.7 Å². The summed E-state index contributed by atoms with van der Waals surface area (Å²) in [5, 5.41) is -0.0732. The Morgan fingerprint density at radius 3 is 2.82 bits per heavy atom. The minimum Gasteiger partial charge on any atom is -0.466 e. The quantitative estimate of drug-likeness (QED) is 0.557. The maximum atomic E-state index is 11.8. The molecule has 2 aliphatic rings. The summed E-state index contributed by atoms with van der Waals surface area (Å²) in [6.07, 6.45) is 2.64. The lowest BCUT2D eigenvalue weighted by molar-refractivity contribution is -0.136. The highest BCUT2D eigenvalue weighted by Gasteiger charge is 2.30. The Morgan fingerprint density at radius 1 is 1.47 bits per heavy atom. The largest absolute Gasteiger partial charge is 0.466 e. The summed E-state index contributed by atoms with van der Waals surface area (Å²) in [4.78, 5) is 13.9. The fourth-order valence-electron chi connectivity index (χ4n) is 2.43. The average molecular weight is 260 g/mol. The first-order chi connectivity index (χ1) is 8.24. The topological polar surface area (TPSA) is 38.8 Å². The first-order valence-corrected chi connectivity index (χ1v) is 6.46. The van der Waals surface area contributed by atoms with Gasteiger partial charge in [-0.05, 0) is 19.3 Å². The fraction of sp³-hybridized carbons (Fsp3) is 0.750. The van der Waals surface area contributed by atoms with Crippen molar-refractivity contribution in [3.05, 3.63) is 11.3 Å². The van der Waals surface area contributed by atoms with E-state index in [0.717, 1.165) is 43.6 Å². The zero-order valence-corrected chi connectivity index (χ0v) is 10.8. The summed E-state index contributed by atoms with van der Waals surface area (Å²) in [5.74, 6) is -0.239. The van der Waals surface area contributed by atoms with Crippen molar-refractivity contribution in [2.24, 2.45) is 0 Å². The number of alkyl halides is 1. The van der Waals surface area contributed by atoms with E-state index in [1.54, 1.807) is 0 Å². The standard InChI is InChI=1S/C12H18ClNO3/c1-16-12(15)9-3-2-4-10(13)11(9)14-5-7-17-8-6-14/h10H,2-8H2,1H3. The lowest BCUT2D eigenvalue weighted by Crippen LogP contribution is -2.40. The van der Waals surface area contributed by atoms with Crippen LogP contribution >= 0.6 is 11.6 Å². The number of morpholine rings is 1. The van der Waals surface area contributed by atoms with Gasteiger partial charge in [-0.1, -0.05) is 0 Å². The molecule has 0 bridgehead atoms. The minimum atomic E-state index is -0.239. The number of carbonyl (C=O) groups is 1. The zero-order valence-electron chi connectivity index (χ0n) is 10.1. The molecule has 1 aliphatic heterocycles. The Labute approximate surface area is 107 Å². The molecule has 2 rings (SSSR count). The van der Waals surface area contributed by atoms with Crippen LogP contribution in [0, 0.1) is 0 Å². The number of nitrogens with zero attached hydrogens (tertiary/aromatic N) is 1. The van der Waals surface area contributed by atoms with Crippen molar-refractivity contribution in [2.45, 2.75) is 24.6 Å². The van der Waals surface area contributed by atoms with Crippen LogP contribution in [0.25, 0.3) is 0 Å². The molecule has 0 radical (unpaired) electrons. The summed E-state index contributed by atoms with van der Waals surface area (Å²) in [6.45, 7) is 3.00. The van der Waals surface area contributed by atoms with E-state index in [1.165, 1.54) is 7.11 Å². The molecule has 5 heteroatoms. The molecule has 1 heterocycles. The van der Waals surface area contributed by atoms with Crippen molar-refractivity contribution in [2.75, 3.05) is 33.4 Å². The van der Waals surface area contributed by atoms with E-state index < -0.39 is 0 Å². The summed E-state index contributed by atoms with van der Waals surface area (Å²) in [7, 11) is 1.42. The van der Waals surface area contributed by atoms with Crippen molar-refractivity contribution in [1.29, 1.82) is 0 Å². The van der Waals surface area contributed by atoms with Gasteiger partial charge in [0.15, 0.2) is 0 Å². The Bertz CT molecular complexity index is 324. The molecule has 1 fully saturated rings. The molecule has 0 spiro atoms. The molecule has 17 heavy (non-hydrogen) atoms. The van der Waals surface area contributed by atoms with Crippen molar-refractivity contribution in [1.82, 2.24) is 4.90 Å². The van der Waals surface area contributed by atoms with E-state index in [0.29, 0.717) is 13.2 Å². The van der Waals surface area contributed by atoms with Crippen LogP contribution in [0.1, 0.15) is 19.3 Å². The zero-order chi connectivity index (χ0) is 12.3. The second kappa shape index (κ2) is 5.74. The predicted molar refractivity (Wildman–Crippen MR) is 64.9 cm³/mol. The van der Waals surface area contributed by atoms with Crippen LogP contribution < -0.4 is 0 Å². The van der Waals surface area contributed by atoms with Crippen LogP contribution in [0.4, 0.5) is 0 Å². The molecule has 0 aromatic carbocycles. The first kappa shape index (κ1) is 12.7. The van der Waals surface area contributed by atoms with Gasteiger partial charge < -0.3 is 14.4 Å². The number of hydrogen-bond donors (Lipinski definition) is 0. The van der Waals surface area contributed by atoms with Gasteiger partial charge in [0.05, 0.1) is 31.3 Å². The fourth-order valence-corrected chi connectivity index (χ4v) is 2.86. The van der Waals surface area contributed by atoms with Crippen molar-refractivity contribution < 1.29 is 14.3 Å². The Morgan fingerprint density at radius 2 is 2.18 bits per heavy atom. The molecule has 0 amide bonds. The Balaban J connectivity index is 2.26. The second-order valence-corrected chi connectivity index (χ2v) is 4.84. The Kier molecular flexibility index (Phi) is 4.29. The lowest BCUT2D eigenvalue weighted by atomic mass is 9.94. The second-order valence-electron chi connectivity index (χ2n) is 4.31. The molecule has 4 nitrogen and oxygen atoms in total. The van der Waals surface area contributed by atoms with Crippen LogP contribution in [0.2, 0.25) is 0 Å². The Hall–Kier alpha value is -0.740. The van der Waals surface area contributed by atoms with Gasteiger partial charge in [-0.3, -0.25) is 0 Å². The van der Waals surface area contributed by atoms with Crippen molar-refractivity contribution in [3.63, 3.8) is 0 Å². The number of halogens is 1. The molecular formula is C12H18ClNO3. The smallest absolute Gasteiger partial charge is 0.335 e. The number of carbonyl (C=O) groups excluding carboxylic acids is 1. The van der Waals surface area contributed by atoms with E-state index in [-0.39, 0.29) is 11.3 Å². The number of allylic oxidation sites excluding steroid dienone is 1. The van der Waals surface area contributed by atoms with Crippen LogP contribution in [0.15, 0.2) is 11.3 Å². The summed E-state index contributed by atoms with van der Waals surface area (Å²) < 4.78 is 10.2. The third-order valence-corrected chi connectivity index (χ3v) is 3.70.